The van der Waals surface area contributed by atoms with Gasteiger partial charge in [0.05, 0.1) is 11.8 Å². The number of H-pyrrole nitrogens is 1. The van der Waals surface area contributed by atoms with E-state index in [1.807, 2.05) is 34.9 Å². The van der Waals surface area contributed by atoms with Crippen molar-refractivity contribution in [1.82, 2.24) is 25.0 Å². The molecule has 3 rings (SSSR count). The first-order chi connectivity index (χ1) is 7.95. The molecule has 0 spiro atoms. The summed E-state index contributed by atoms with van der Waals surface area (Å²) in [7, 11) is 0. The number of aromatic amines is 1. The molecule has 0 saturated carbocycles. The number of nitrogens with zero attached hydrogens (tertiary/aromatic N) is 4. The molecule has 0 radical (unpaired) electrons. The van der Waals surface area contributed by atoms with E-state index in [9.17, 15) is 0 Å². The van der Waals surface area contributed by atoms with Gasteiger partial charge in [0.2, 0.25) is 0 Å². The van der Waals surface area contributed by atoms with E-state index >= 15 is 0 Å². The highest BCUT2D eigenvalue weighted by Crippen LogP contribution is 2.18. The fraction of sp³-hybridized carbons (Fsp3) is 0. The minimum absolute atomic E-state index is 0.778. The number of para-hydroxylation sites is 1. The molecule has 16 heavy (non-hydrogen) atoms. The SMILES string of the molecule is c1ccc(-n2cnnc2-c2cn[nH]c2)cc1. The van der Waals surface area contributed by atoms with E-state index in [4.69, 9.17) is 0 Å². The Kier molecular flexibility index (Phi) is 2.00. The molecule has 1 N–H and O–H groups in total. The molecule has 0 bridgehead atoms. The van der Waals surface area contributed by atoms with E-state index in [0.717, 1.165) is 17.1 Å². The van der Waals surface area contributed by atoms with Gasteiger partial charge in [-0.2, -0.15) is 5.10 Å². The molecule has 2 aromatic heterocycles. The van der Waals surface area contributed by atoms with Crippen LogP contribution in [0, 0.1) is 0 Å². The number of hydrogen-bond acceptors (Lipinski definition) is 3. The Bertz CT molecular complexity index is 567. The van der Waals surface area contributed by atoms with Crippen molar-refractivity contribution >= 4 is 0 Å². The summed E-state index contributed by atoms with van der Waals surface area (Å²) < 4.78 is 1.92. The third-order valence-corrected chi connectivity index (χ3v) is 2.34. The number of aromatic nitrogens is 5. The third kappa shape index (κ3) is 1.38. The summed E-state index contributed by atoms with van der Waals surface area (Å²) in [5, 5.41) is 14.7. The summed E-state index contributed by atoms with van der Waals surface area (Å²) in [5.41, 5.74) is 1.95. The molecular weight excluding hydrogens is 202 g/mol. The minimum Gasteiger partial charge on any atom is -0.285 e. The molecule has 0 fully saturated rings. The zero-order chi connectivity index (χ0) is 10.8. The molecule has 0 saturated heterocycles. The smallest absolute Gasteiger partial charge is 0.171 e. The average molecular weight is 211 g/mol. The Balaban J connectivity index is 2.14. The van der Waals surface area contributed by atoms with Crippen LogP contribution in [0.3, 0.4) is 0 Å². The van der Waals surface area contributed by atoms with E-state index in [0.29, 0.717) is 0 Å². The van der Waals surface area contributed by atoms with Crippen LogP contribution in [0.4, 0.5) is 0 Å². The van der Waals surface area contributed by atoms with Gasteiger partial charge in [-0.05, 0) is 12.1 Å². The summed E-state index contributed by atoms with van der Waals surface area (Å²) in [6.45, 7) is 0. The van der Waals surface area contributed by atoms with Crippen LogP contribution in [0.2, 0.25) is 0 Å². The first-order valence-corrected chi connectivity index (χ1v) is 4.90. The highest BCUT2D eigenvalue weighted by molar-refractivity contribution is 5.55. The number of benzene rings is 1. The van der Waals surface area contributed by atoms with Crippen molar-refractivity contribution in [2.75, 3.05) is 0 Å². The van der Waals surface area contributed by atoms with Gasteiger partial charge >= 0.3 is 0 Å². The maximum Gasteiger partial charge on any atom is 0.171 e. The summed E-state index contributed by atoms with van der Waals surface area (Å²) >= 11 is 0. The normalized spacial score (nSPS) is 10.5. The lowest BCUT2D eigenvalue weighted by Gasteiger charge is -2.03. The van der Waals surface area contributed by atoms with Gasteiger partial charge in [0, 0.05) is 11.9 Å². The molecule has 0 aliphatic rings. The zero-order valence-electron chi connectivity index (χ0n) is 8.41. The van der Waals surface area contributed by atoms with Crippen LogP contribution in [-0.4, -0.2) is 25.0 Å². The molecular formula is C11H9N5. The Morgan fingerprint density at radius 1 is 1.12 bits per heavy atom. The molecule has 0 aliphatic heterocycles. The van der Waals surface area contributed by atoms with Crippen LogP contribution in [0.5, 0.6) is 0 Å². The van der Waals surface area contributed by atoms with Crippen LogP contribution < -0.4 is 0 Å². The maximum absolute atomic E-state index is 4.09. The lowest BCUT2D eigenvalue weighted by atomic mass is 10.3. The van der Waals surface area contributed by atoms with Crippen LogP contribution in [0.1, 0.15) is 0 Å². The van der Waals surface area contributed by atoms with Crippen LogP contribution >= 0.6 is 0 Å². The Hall–Kier alpha value is -2.43. The van der Waals surface area contributed by atoms with Gasteiger partial charge in [-0.25, -0.2) is 0 Å². The number of hydrogen-bond donors (Lipinski definition) is 1. The van der Waals surface area contributed by atoms with Crippen molar-refractivity contribution in [3.05, 3.63) is 49.1 Å². The van der Waals surface area contributed by atoms with Crippen LogP contribution in [-0.2, 0) is 0 Å². The van der Waals surface area contributed by atoms with Crippen molar-refractivity contribution in [2.45, 2.75) is 0 Å². The third-order valence-electron chi connectivity index (χ3n) is 2.34. The van der Waals surface area contributed by atoms with Gasteiger partial charge in [0.1, 0.15) is 6.33 Å². The summed E-state index contributed by atoms with van der Waals surface area (Å²) in [6.07, 6.45) is 5.21. The Labute approximate surface area is 91.8 Å². The second-order valence-corrected chi connectivity index (χ2v) is 3.35. The second kappa shape index (κ2) is 3.62. The zero-order valence-corrected chi connectivity index (χ0v) is 8.41. The van der Waals surface area contributed by atoms with Gasteiger partial charge < -0.3 is 0 Å². The first-order valence-electron chi connectivity index (χ1n) is 4.90. The second-order valence-electron chi connectivity index (χ2n) is 3.35. The summed E-state index contributed by atoms with van der Waals surface area (Å²) in [4.78, 5) is 0. The molecule has 5 heteroatoms. The molecule has 3 aromatic rings. The lowest BCUT2D eigenvalue weighted by Crippen LogP contribution is -1.94. The van der Waals surface area contributed by atoms with E-state index < -0.39 is 0 Å². The first kappa shape index (κ1) is 8.84. The highest BCUT2D eigenvalue weighted by Gasteiger charge is 2.08. The predicted octanol–water partition coefficient (Wildman–Crippen LogP) is 1.66. The van der Waals surface area contributed by atoms with Gasteiger partial charge in [-0.15, -0.1) is 10.2 Å². The van der Waals surface area contributed by atoms with Crippen LogP contribution in [0.15, 0.2) is 49.1 Å². The Morgan fingerprint density at radius 3 is 2.75 bits per heavy atom. The standard InChI is InChI=1S/C11H9N5/c1-2-4-10(5-3-1)16-8-14-15-11(16)9-6-12-13-7-9/h1-8H,(H,12,13). The average Bonchev–Trinajstić information content (AvgIpc) is 3.01. The highest BCUT2D eigenvalue weighted by atomic mass is 15.3. The van der Waals surface area contributed by atoms with Gasteiger partial charge in [-0.1, -0.05) is 18.2 Å². The summed E-state index contributed by atoms with van der Waals surface area (Å²) in [5.74, 6) is 0.778. The maximum atomic E-state index is 4.09. The summed E-state index contributed by atoms with van der Waals surface area (Å²) in [6, 6.07) is 9.95. The molecule has 5 nitrogen and oxygen atoms in total. The van der Waals surface area contributed by atoms with Gasteiger partial charge in [0.15, 0.2) is 5.82 Å². The topological polar surface area (TPSA) is 59.4 Å². The van der Waals surface area contributed by atoms with Crippen molar-refractivity contribution in [3.63, 3.8) is 0 Å². The fourth-order valence-corrected chi connectivity index (χ4v) is 1.58. The van der Waals surface area contributed by atoms with E-state index in [-0.39, 0.29) is 0 Å². The van der Waals surface area contributed by atoms with Crippen molar-refractivity contribution in [2.24, 2.45) is 0 Å². The van der Waals surface area contributed by atoms with Crippen molar-refractivity contribution in [1.29, 1.82) is 0 Å². The molecule has 0 aliphatic carbocycles. The predicted molar refractivity (Wildman–Crippen MR) is 58.9 cm³/mol. The Morgan fingerprint density at radius 2 is 2.00 bits per heavy atom. The monoisotopic (exact) mass is 211 g/mol. The molecule has 2 heterocycles. The molecule has 0 unspecified atom stereocenters. The van der Waals surface area contributed by atoms with Crippen molar-refractivity contribution in [3.8, 4) is 17.1 Å². The quantitative estimate of drug-likeness (QED) is 0.701. The number of nitrogens with one attached hydrogen (secondary N) is 1. The van der Waals surface area contributed by atoms with Crippen LogP contribution in [0.25, 0.3) is 17.1 Å². The van der Waals surface area contributed by atoms with E-state index in [1.165, 1.54) is 0 Å². The van der Waals surface area contributed by atoms with E-state index in [2.05, 4.69) is 20.4 Å². The molecule has 0 amide bonds. The molecule has 0 atom stereocenters. The number of rotatable bonds is 2. The van der Waals surface area contributed by atoms with Gasteiger partial charge in [0.25, 0.3) is 0 Å². The fourth-order valence-electron chi connectivity index (χ4n) is 1.58. The van der Waals surface area contributed by atoms with Crippen molar-refractivity contribution < 1.29 is 0 Å². The lowest BCUT2D eigenvalue weighted by molar-refractivity contribution is 1.06. The molecule has 78 valence electrons. The largest absolute Gasteiger partial charge is 0.285 e. The van der Waals surface area contributed by atoms with Gasteiger partial charge in [-0.3, -0.25) is 9.67 Å². The van der Waals surface area contributed by atoms with E-state index in [1.54, 1.807) is 18.7 Å². The minimum atomic E-state index is 0.778. The molecule has 1 aromatic carbocycles.